The first kappa shape index (κ1) is 54.0. The van der Waals surface area contributed by atoms with E-state index in [4.69, 9.17) is 28.4 Å². The Morgan fingerprint density at radius 1 is 0.360 bits per heavy atom. The van der Waals surface area contributed by atoms with Crippen LogP contribution in [0.1, 0.15) is 75.0 Å². The highest BCUT2D eigenvalue weighted by Gasteiger charge is 2.62. The maximum absolute atomic E-state index is 15.4. The van der Waals surface area contributed by atoms with E-state index in [2.05, 4.69) is 0 Å². The Morgan fingerprint density at radius 2 is 0.651 bits per heavy atom. The van der Waals surface area contributed by atoms with Crippen molar-refractivity contribution >= 4 is 125 Å². The lowest BCUT2D eigenvalue weighted by Gasteiger charge is -2.33. The summed E-state index contributed by atoms with van der Waals surface area (Å²) in [6.45, 7) is -1.11. The van der Waals surface area contributed by atoms with Crippen molar-refractivity contribution in [2.24, 2.45) is 0 Å². The fourth-order valence-electron chi connectivity index (χ4n) is 10.8. The van der Waals surface area contributed by atoms with Crippen molar-refractivity contribution in [1.82, 2.24) is 0 Å². The molecular formula is C68H40O14S4. The number of benzene rings is 6. The van der Waals surface area contributed by atoms with E-state index in [0.717, 1.165) is 45.3 Å². The van der Waals surface area contributed by atoms with Gasteiger partial charge in [0.2, 0.25) is 23.1 Å². The van der Waals surface area contributed by atoms with Gasteiger partial charge >= 0.3 is 35.1 Å². The van der Waals surface area contributed by atoms with E-state index >= 15 is 19.2 Å². The molecule has 86 heavy (non-hydrogen) atoms. The highest BCUT2D eigenvalue weighted by Crippen LogP contribution is 2.65. The van der Waals surface area contributed by atoms with E-state index in [1.807, 2.05) is 0 Å². The molecule has 10 aromatic rings. The Labute approximate surface area is 504 Å². The molecule has 0 saturated carbocycles. The number of hydrogen-bond donors (Lipinski definition) is 0. The molecule has 0 radical (unpaired) electrons. The van der Waals surface area contributed by atoms with Crippen LogP contribution in [0.15, 0.2) is 182 Å². The number of hydrogen-bond acceptors (Lipinski definition) is 18. The molecule has 0 bridgehead atoms. The molecule has 0 unspecified atom stereocenters. The summed E-state index contributed by atoms with van der Waals surface area (Å²) in [6, 6.07) is 51.8. The van der Waals surface area contributed by atoms with E-state index in [1.165, 1.54) is 0 Å². The van der Waals surface area contributed by atoms with E-state index in [9.17, 15) is 19.2 Å². The standard InChI is InChI=1S/C68H40O14S4/c69-51-45-27-15-13-25-43(45)47(53(51)71)29-41-31-49-57(83-41)59-55(81-67(49,63(73)77-33-37-17-5-1-6-18-37)64(74)78-34-38-19-7-2-8-20-38)61-62(85-59)56-60(86-61)58-50(32-42(84-58)30-48-44-26-14-16-28-46(44)52(70)54(48)72)68(82-56,65(75)79-35-39-21-9-3-10-22-39)66(76)80-36-40-23-11-4-12-24-40/h1-32H,33-36H2/b47-29-,48-30-. The van der Waals surface area contributed by atoms with Crippen molar-refractivity contribution in [3.63, 3.8) is 0 Å². The third-order valence-electron chi connectivity index (χ3n) is 15.0. The van der Waals surface area contributed by atoms with E-state index in [-0.39, 0.29) is 71.3 Å². The van der Waals surface area contributed by atoms with Crippen LogP contribution < -0.4 is 9.47 Å². The number of ether oxygens (including phenoxy) is 6. The van der Waals surface area contributed by atoms with E-state index < -0.39 is 58.2 Å². The van der Waals surface area contributed by atoms with Crippen LogP contribution in [-0.2, 0) is 85.3 Å². The molecule has 0 saturated heterocycles. The van der Waals surface area contributed by atoms with Crippen molar-refractivity contribution in [1.29, 1.82) is 0 Å². The second-order valence-corrected chi connectivity index (χ2v) is 24.5. The van der Waals surface area contributed by atoms with Crippen LogP contribution in [0.25, 0.3) is 52.2 Å². The maximum atomic E-state index is 15.4. The number of carbonyl (C=O) groups excluding carboxylic acids is 8. The molecule has 14 nitrogen and oxygen atoms in total. The Balaban J connectivity index is 0.978. The van der Waals surface area contributed by atoms with Gasteiger partial charge in [-0.15, -0.1) is 45.3 Å². The molecular weight excluding hydrogens is 1170 g/mol. The molecule has 14 rings (SSSR count). The van der Waals surface area contributed by atoms with Gasteiger partial charge in [0, 0.05) is 43.2 Å². The molecule has 0 N–H and O–H groups in total. The molecule has 0 amide bonds. The summed E-state index contributed by atoms with van der Waals surface area (Å²) >= 11 is 4.50. The average Bonchev–Trinajstić information content (AvgIpc) is 1.52. The number of Topliss-reactive ketones (excluding diaryl/α,β-unsaturated/α-hetero) is 4. The summed E-state index contributed by atoms with van der Waals surface area (Å²) in [7, 11) is 0. The molecule has 0 spiro atoms. The van der Waals surface area contributed by atoms with Crippen molar-refractivity contribution in [3.8, 4) is 31.0 Å². The third kappa shape index (κ3) is 8.95. The summed E-state index contributed by atoms with van der Waals surface area (Å²) < 4.78 is 39.1. The van der Waals surface area contributed by atoms with Gasteiger partial charge in [0.05, 0.1) is 28.9 Å². The van der Waals surface area contributed by atoms with Gasteiger partial charge < -0.3 is 28.4 Å². The van der Waals surface area contributed by atoms with E-state index in [0.29, 0.717) is 72.0 Å². The SMILES string of the molecule is O=C1C(=O)c2ccccc2/C1=C/c1cc2c(s1)-c1sc3c4c(sc3c1OC2(C(=O)OCc1ccccc1)C(=O)OCc1ccccc1)-c1sc(/C=C2\C(=O)C(=O)c3ccccc32)cc1C(C(=O)OCc1ccccc1)(C(=O)OCc1ccccc1)O4. The summed E-state index contributed by atoms with van der Waals surface area (Å²) in [4.78, 5) is 118. The molecule has 18 heteroatoms. The van der Waals surface area contributed by atoms with Crippen LogP contribution in [0.2, 0.25) is 0 Å². The second-order valence-electron chi connectivity index (χ2n) is 20.3. The lowest BCUT2D eigenvalue weighted by molar-refractivity contribution is -0.185. The number of carbonyl (C=O) groups is 8. The van der Waals surface area contributed by atoms with Gasteiger partial charge in [-0.05, 0) is 57.7 Å². The fourth-order valence-corrected chi connectivity index (χ4v) is 16.0. The predicted molar refractivity (Wildman–Crippen MR) is 323 cm³/mol. The van der Waals surface area contributed by atoms with Crippen molar-refractivity contribution in [3.05, 3.63) is 247 Å². The quantitative estimate of drug-likeness (QED) is 0.0328. The molecule has 2 aliphatic heterocycles. The van der Waals surface area contributed by atoms with Gasteiger partial charge in [-0.2, -0.15) is 0 Å². The maximum Gasteiger partial charge on any atom is 0.367 e. The highest BCUT2D eigenvalue weighted by atomic mass is 32.1. The van der Waals surface area contributed by atoms with Gasteiger partial charge in [0.15, 0.2) is 11.5 Å². The molecule has 2 aliphatic carbocycles. The summed E-state index contributed by atoms with van der Waals surface area (Å²) in [5.41, 5.74) is -1.41. The number of allylic oxidation sites excluding steroid dienone is 2. The zero-order valence-corrected chi connectivity index (χ0v) is 47.9. The molecule has 4 aromatic heterocycles. The minimum Gasteiger partial charge on any atom is -0.457 e. The van der Waals surface area contributed by atoms with Gasteiger partial charge in [0.1, 0.15) is 26.4 Å². The average molecular weight is 1210 g/mol. The Morgan fingerprint density at radius 3 is 0.965 bits per heavy atom. The van der Waals surface area contributed by atoms with Crippen molar-refractivity contribution < 1.29 is 66.8 Å². The number of esters is 4. The topological polar surface area (TPSA) is 192 Å². The smallest absolute Gasteiger partial charge is 0.367 e. The van der Waals surface area contributed by atoms with Gasteiger partial charge in [-0.25, -0.2) is 19.2 Å². The van der Waals surface area contributed by atoms with Crippen LogP contribution in [0.5, 0.6) is 11.5 Å². The molecule has 420 valence electrons. The number of ketones is 4. The molecule has 6 aromatic carbocycles. The van der Waals surface area contributed by atoms with Crippen molar-refractivity contribution in [2.75, 3.05) is 0 Å². The minimum absolute atomic E-state index is 0.0229. The monoisotopic (exact) mass is 1210 g/mol. The Hall–Kier alpha value is -9.98. The third-order valence-corrected chi connectivity index (χ3v) is 20.0. The van der Waals surface area contributed by atoms with Crippen LogP contribution in [0, 0.1) is 0 Å². The fraction of sp³-hybridized carbons (Fsp3) is 0.0882. The number of rotatable bonds is 14. The molecule has 4 aliphatic rings. The lowest BCUT2D eigenvalue weighted by Crippen LogP contribution is -2.52. The second kappa shape index (κ2) is 21.6. The van der Waals surface area contributed by atoms with Gasteiger partial charge in [-0.1, -0.05) is 170 Å². The molecule has 6 heterocycles. The first-order valence-corrected chi connectivity index (χ1v) is 30.1. The van der Waals surface area contributed by atoms with E-state index in [1.54, 1.807) is 194 Å². The first-order chi connectivity index (χ1) is 41.9. The highest BCUT2D eigenvalue weighted by molar-refractivity contribution is 7.35. The van der Waals surface area contributed by atoms with Crippen molar-refractivity contribution in [2.45, 2.75) is 37.6 Å². The van der Waals surface area contributed by atoms with Gasteiger partial charge in [-0.3, -0.25) is 19.2 Å². The Bertz CT molecular complexity index is 4180. The normalized spacial score (nSPS) is 15.6. The first-order valence-electron chi connectivity index (χ1n) is 26.8. The number of thiophene rings is 4. The lowest BCUT2D eigenvalue weighted by atomic mass is 9.90. The largest absolute Gasteiger partial charge is 0.457 e. The zero-order valence-electron chi connectivity index (χ0n) is 44.7. The van der Waals surface area contributed by atoms with Crippen LogP contribution in [0.4, 0.5) is 0 Å². The number of fused-ring (bicyclic) bond motifs is 11. The van der Waals surface area contributed by atoms with Gasteiger partial charge in [0.25, 0.3) is 0 Å². The van der Waals surface area contributed by atoms with Crippen LogP contribution in [0.3, 0.4) is 0 Å². The summed E-state index contributed by atoms with van der Waals surface area (Å²) in [5.74, 6) is -7.28. The Kier molecular flexibility index (Phi) is 13.5. The summed E-state index contributed by atoms with van der Waals surface area (Å²) in [5, 5.41) is 0. The minimum atomic E-state index is -2.69. The summed E-state index contributed by atoms with van der Waals surface area (Å²) in [6.07, 6.45) is 3.08. The van der Waals surface area contributed by atoms with Crippen LogP contribution in [-0.4, -0.2) is 47.0 Å². The zero-order chi connectivity index (χ0) is 58.8. The molecule has 0 fully saturated rings. The molecule has 0 atom stereocenters. The predicted octanol–water partition coefficient (Wildman–Crippen LogP) is 13.2. The van der Waals surface area contributed by atoms with Crippen LogP contribution >= 0.6 is 45.3 Å².